The van der Waals surface area contributed by atoms with Crippen LogP contribution in [0.2, 0.25) is 0 Å². The highest BCUT2D eigenvalue weighted by molar-refractivity contribution is 4.93. The molecule has 1 heterocycles. The highest BCUT2D eigenvalue weighted by atomic mass is 16.5. The first kappa shape index (κ1) is 15.3. The third kappa shape index (κ3) is 3.50. The lowest BCUT2D eigenvalue weighted by Gasteiger charge is -2.46. The van der Waals surface area contributed by atoms with Crippen molar-refractivity contribution in [3.05, 3.63) is 0 Å². The second-order valence-electron chi connectivity index (χ2n) is 7.33. The van der Waals surface area contributed by atoms with Gasteiger partial charge < -0.3 is 10.5 Å². The van der Waals surface area contributed by atoms with Crippen molar-refractivity contribution >= 4 is 0 Å². The minimum Gasteiger partial charge on any atom is -0.376 e. The Bertz CT molecular complexity index is 292. The first-order valence-electron chi connectivity index (χ1n) is 8.05. The van der Waals surface area contributed by atoms with Crippen LogP contribution in [0.4, 0.5) is 0 Å². The van der Waals surface area contributed by atoms with Crippen LogP contribution in [0.15, 0.2) is 0 Å². The van der Waals surface area contributed by atoms with Gasteiger partial charge in [-0.25, -0.2) is 0 Å². The highest BCUT2D eigenvalue weighted by Crippen LogP contribution is 2.38. The molecule has 1 aliphatic carbocycles. The van der Waals surface area contributed by atoms with E-state index < -0.39 is 0 Å². The van der Waals surface area contributed by atoms with Gasteiger partial charge in [0.1, 0.15) is 0 Å². The third-order valence-corrected chi connectivity index (χ3v) is 5.33. The molecule has 112 valence electrons. The van der Waals surface area contributed by atoms with Crippen LogP contribution >= 0.6 is 0 Å². The van der Waals surface area contributed by atoms with Gasteiger partial charge in [-0.1, -0.05) is 27.2 Å². The SMILES string of the molecule is CCC1COC(C)CN1CC1CCCC(C)(C)C1N. The van der Waals surface area contributed by atoms with Gasteiger partial charge >= 0.3 is 0 Å². The summed E-state index contributed by atoms with van der Waals surface area (Å²) in [7, 11) is 0. The molecule has 1 saturated heterocycles. The van der Waals surface area contributed by atoms with E-state index in [0.29, 0.717) is 29.5 Å². The molecule has 1 saturated carbocycles. The first-order valence-corrected chi connectivity index (χ1v) is 8.05. The molecular weight excluding hydrogens is 236 g/mol. The Morgan fingerprint density at radius 3 is 2.79 bits per heavy atom. The topological polar surface area (TPSA) is 38.5 Å². The fraction of sp³-hybridized carbons (Fsp3) is 1.00. The Hall–Kier alpha value is -0.120. The molecule has 0 aromatic rings. The summed E-state index contributed by atoms with van der Waals surface area (Å²) >= 11 is 0. The van der Waals surface area contributed by atoms with Crippen molar-refractivity contribution in [1.29, 1.82) is 0 Å². The van der Waals surface area contributed by atoms with Crippen LogP contribution in [0.3, 0.4) is 0 Å². The van der Waals surface area contributed by atoms with E-state index in [4.69, 9.17) is 10.5 Å². The van der Waals surface area contributed by atoms with Gasteiger partial charge in [0.2, 0.25) is 0 Å². The van der Waals surface area contributed by atoms with E-state index in [0.717, 1.165) is 19.7 Å². The van der Waals surface area contributed by atoms with Crippen molar-refractivity contribution in [3.63, 3.8) is 0 Å². The third-order valence-electron chi connectivity index (χ3n) is 5.33. The lowest BCUT2D eigenvalue weighted by molar-refractivity contribution is -0.0660. The molecule has 2 rings (SSSR count). The smallest absolute Gasteiger partial charge is 0.0674 e. The van der Waals surface area contributed by atoms with Crippen molar-refractivity contribution in [2.24, 2.45) is 17.1 Å². The lowest BCUT2D eigenvalue weighted by Crippen LogP contribution is -2.55. The number of hydrogen-bond donors (Lipinski definition) is 1. The molecule has 0 spiro atoms. The molecule has 19 heavy (non-hydrogen) atoms. The van der Waals surface area contributed by atoms with Gasteiger partial charge in [-0.15, -0.1) is 0 Å². The maximum absolute atomic E-state index is 6.54. The number of nitrogens with two attached hydrogens (primary N) is 1. The molecule has 2 fully saturated rings. The van der Waals surface area contributed by atoms with Crippen molar-refractivity contribution in [1.82, 2.24) is 4.90 Å². The fourth-order valence-electron chi connectivity index (χ4n) is 3.82. The average molecular weight is 268 g/mol. The van der Waals surface area contributed by atoms with Crippen molar-refractivity contribution in [2.45, 2.75) is 71.6 Å². The predicted molar refractivity (Wildman–Crippen MR) is 80.2 cm³/mol. The molecule has 3 nitrogen and oxygen atoms in total. The Morgan fingerprint density at radius 2 is 2.11 bits per heavy atom. The maximum atomic E-state index is 6.54. The number of rotatable bonds is 3. The Balaban J connectivity index is 1.98. The van der Waals surface area contributed by atoms with Gasteiger partial charge in [-0.2, -0.15) is 0 Å². The van der Waals surface area contributed by atoms with E-state index in [1.165, 1.54) is 25.7 Å². The average Bonchev–Trinajstić information content (AvgIpc) is 2.35. The van der Waals surface area contributed by atoms with E-state index in [9.17, 15) is 0 Å². The van der Waals surface area contributed by atoms with Crippen LogP contribution in [0.1, 0.15) is 53.4 Å². The molecule has 2 aliphatic rings. The maximum Gasteiger partial charge on any atom is 0.0674 e. The number of hydrogen-bond acceptors (Lipinski definition) is 3. The summed E-state index contributed by atoms with van der Waals surface area (Å²) in [5.74, 6) is 0.656. The van der Waals surface area contributed by atoms with Crippen molar-refractivity contribution < 1.29 is 4.74 Å². The van der Waals surface area contributed by atoms with Gasteiger partial charge in [0.25, 0.3) is 0 Å². The van der Waals surface area contributed by atoms with Crippen molar-refractivity contribution in [3.8, 4) is 0 Å². The van der Waals surface area contributed by atoms with Crippen LogP contribution in [-0.2, 0) is 4.74 Å². The molecule has 1 aliphatic heterocycles. The summed E-state index contributed by atoms with van der Waals surface area (Å²) in [4.78, 5) is 2.64. The summed E-state index contributed by atoms with van der Waals surface area (Å²) < 4.78 is 5.80. The number of ether oxygens (including phenoxy) is 1. The van der Waals surface area contributed by atoms with E-state index >= 15 is 0 Å². The predicted octanol–water partition coefficient (Wildman–Crippen LogP) is 2.64. The quantitative estimate of drug-likeness (QED) is 0.855. The first-order chi connectivity index (χ1) is 8.94. The lowest BCUT2D eigenvalue weighted by atomic mass is 9.68. The molecule has 3 heteroatoms. The summed E-state index contributed by atoms with van der Waals surface area (Å²) in [6.45, 7) is 12.2. The van der Waals surface area contributed by atoms with Crippen LogP contribution in [0, 0.1) is 11.3 Å². The summed E-state index contributed by atoms with van der Waals surface area (Å²) in [6, 6.07) is 0.936. The Kier molecular flexibility index (Phi) is 4.91. The molecule has 4 atom stereocenters. The molecule has 0 aromatic carbocycles. The summed E-state index contributed by atoms with van der Waals surface area (Å²) in [6.07, 6.45) is 5.46. The highest BCUT2D eigenvalue weighted by Gasteiger charge is 2.38. The van der Waals surface area contributed by atoms with E-state index in [-0.39, 0.29) is 0 Å². The largest absolute Gasteiger partial charge is 0.376 e. The Labute approximate surface area is 118 Å². The van der Waals surface area contributed by atoms with E-state index in [1.54, 1.807) is 0 Å². The van der Waals surface area contributed by atoms with E-state index in [2.05, 4.69) is 32.6 Å². The van der Waals surface area contributed by atoms with Gasteiger partial charge in [-0.3, -0.25) is 4.90 Å². The molecule has 2 N–H and O–H groups in total. The van der Waals surface area contributed by atoms with E-state index in [1.807, 2.05) is 0 Å². The normalized spacial score (nSPS) is 40.3. The zero-order valence-corrected chi connectivity index (χ0v) is 13.2. The zero-order valence-electron chi connectivity index (χ0n) is 13.2. The minimum absolute atomic E-state index is 0.308. The number of nitrogens with zero attached hydrogens (tertiary/aromatic N) is 1. The molecule has 0 amide bonds. The summed E-state index contributed by atoms with van der Waals surface area (Å²) in [5, 5.41) is 0. The monoisotopic (exact) mass is 268 g/mol. The van der Waals surface area contributed by atoms with Crippen LogP contribution < -0.4 is 5.73 Å². The fourth-order valence-corrected chi connectivity index (χ4v) is 3.82. The second kappa shape index (κ2) is 6.11. The molecule has 0 bridgehead atoms. The van der Waals surface area contributed by atoms with Crippen LogP contribution in [0.25, 0.3) is 0 Å². The second-order valence-corrected chi connectivity index (χ2v) is 7.33. The zero-order chi connectivity index (χ0) is 14.0. The van der Waals surface area contributed by atoms with Gasteiger partial charge in [-0.05, 0) is 37.5 Å². The summed E-state index contributed by atoms with van der Waals surface area (Å²) in [5.41, 5.74) is 6.85. The van der Waals surface area contributed by atoms with Gasteiger partial charge in [0.15, 0.2) is 0 Å². The minimum atomic E-state index is 0.308. The van der Waals surface area contributed by atoms with Gasteiger partial charge in [0.05, 0.1) is 12.7 Å². The molecule has 0 aromatic heterocycles. The molecule has 4 unspecified atom stereocenters. The molecule has 0 radical (unpaired) electrons. The molecular formula is C16H32N2O. The van der Waals surface area contributed by atoms with Crippen LogP contribution in [0.5, 0.6) is 0 Å². The number of morpholine rings is 1. The van der Waals surface area contributed by atoms with Crippen molar-refractivity contribution in [2.75, 3.05) is 19.7 Å². The standard InChI is InChI=1S/C16H32N2O/c1-5-14-11-19-12(2)9-18(14)10-13-7-6-8-16(3,4)15(13)17/h12-15H,5-11,17H2,1-4H3. The Morgan fingerprint density at radius 1 is 1.37 bits per heavy atom. The van der Waals surface area contributed by atoms with Crippen LogP contribution in [-0.4, -0.2) is 42.8 Å². The van der Waals surface area contributed by atoms with Gasteiger partial charge in [0, 0.05) is 25.2 Å².